The Morgan fingerprint density at radius 1 is 1.08 bits per heavy atom. The van der Waals surface area contributed by atoms with Crippen molar-refractivity contribution in [3.8, 4) is 0 Å². The summed E-state index contributed by atoms with van der Waals surface area (Å²) in [5, 5.41) is 24.8. The number of hydrogen-bond donors (Lipinski definition) is 3. The van der Waals surface area contributed by atoms with Crippen molar-refractivity contribution in [3.05, 3.63) is 0 Å². The van der Waals surface area contributed by atoms with Gasteiger partial charge in [0.25, 0.3) is 0 Å². The molecule has 7 nitrogen and oxygen atoms in total. The Hall–Kier alpha value is -1.79. The van der Waals surface area contributed by atoms with Gasteiger partial charge in [-0.15, -0.1) is 0 Å². The third kappa shape index (κ3) is 2.11. The predicted molar refractivity (Wildman–Crippen MR) is 35.0 cm³/mol. The summed E-state index contributed by atoms with van der Waals surface area (Å²) >= 11 is 0. The minimum Gasteiger partial charge on any atom is -0.480 e. The summed E-state index contributed by atoms with van der Waals surface area (Å²) < 4.78 is 0. The van der Waals surface area contributed by atoms with E-state index in [9.17, 15) is 14.4 Å². The van der Waals surface area contributed by atoms with E-state index in [-0.39, 0.29) is 4.90 Å². The smallest absolute Gasteiger partial charge is 0.417 e. The van der Waals surface area contributed by atoms with Crippen molar-refractivity contribution >= 4 is 18.2 Å². The van der Waals surface area contributed by atoms with Crippen LogP contribution in [0.5, 0.6) is 0 Å². The molecule has 3 N–H and O–H groups in total. The number of carboxylic acid groups (broad SMARTS) is 3. The number of rotatable bonds is 2. The van der Waals surface area contributed by atoms with Crippen molar-refractivity contribution < 1.29 is 29.7 Å². The van der Waals surface area contributed by atoms with Crippen LogP contribution in [0, 0.1) is 0 Å². The fraction of sp³-hybridized carbons (Fsp3) is 0.400. The molecule has 0 radical (unpaired) electrons. The predicted octanol–water partition coefficient (Wildman–Crippen LogP) is 0.118. The Labute approximate surface area is 66.8 Å². The lowest BCUT2D eigenvalue weighted by atomic mass is 10.3. The molecule has 0 aliphatic heterocycles. The van der Waals surface area contributed by atoms with Gasteiger partial charge in [0.2, 0.25) is 0 Å². The van der Waals surface area contributed by atoms with E-state index in [2.05, 4.69) is 0 Å². The first-order valence-electron chi connectivity index (χ1n) is 2.85. The van der Waals surface area contributed by atoms with Crippen LogP contribution in [0.4, 0.5) is 9.59 Å². The monoisotopic (exact) mass is 177 g/mol. The number of imide groups is 1. The molecule has 0 aliphatic rings. The fourth-order valence-electron chi connectivity index (χ4n) is 0.524. The van der Waals surface area contributed by atoms with E-state index in [4.69, 9.17) is 15.3 Å². The number of nitrogens with zero attached hydrogens (tertiary/aromatic N) is 1. The summed E-state index contributed by atoms with van der Waals surface area (Å²) in [6.07, 6.45) is -3.62. The highest BCUT2D eigenvalue weighted by atomic mass is 16.4. The summed E-state index contributed by atoms with van der Waals surface area (Å²) in [7, 11) is 0. The number of hydrogen-bond acceptors (Lipinski definition) is 3. The number of amides is 2. The van der Waals surface area contributed by atoms with Crippen molar-refractivity contribution in [1.29, 1.82) is 0 Å². The molecule has 0 rings (SSSR count). The van der Waals surface area contributed by atoms with Crippen LogP contribution in [0.2, 0.25) is 0 Å². The molecule has 0 aromatic heterocycles. The average Bonchev–Trinajstić information content (AvgIpc) is 1.85. The Kier molecular flexibility index (Phi) is 3.03. The molecule has 0 aromatic carbocycles. The largest absolute Gasteiger partial charge is 0.480 e. The van der Waals surface area contributed by atoms with Gasteiger partial charge in [-0.1, -0.05) is 0 Å². The van der Waals surface area contributed by atoms with Crippen molar-refractivity contribution in [2.24, 2.45) is 0 Å². The SMILES string of the molecule is CC(C(=O)O)N(C(=O)O)C(=O)O. The maximum Gasteiger partial charge on any atom is 0.417 e. The Morgan fingerprint density at radius 2 is 1.42 bits per heavy atom. The van der Waals surface area contributed by atoms with Crippen LogP contribution in [0.3, 0.4) is 0 Å². The lowest BCUT2D eigenvalue weighted by Gasteiger charge is -2.16. The zero-order valence-corrected chi connectivity index (χ0v) is 6.09. The zero-order valence-electron chi connectivity index (χ0n) is 6.09. The van der Waals surface area contributed by atoms with Crippen molar-refractivity contribution in [2.45, 2.75) is 13.0 Å². The quantitative estimate of drug-likeness (QED) is 0.551. The normalized spacial score (nSPS) is 11.8. The summed E-state index contributed by atoms with van der Waals surface area (Å²) in [5.41, 5.74) is 0. The van der Waals surface area contributed by atoms with E-state index in [1.54, 1.807) is 0 Å². The average molecular weight is 177 g/mol. The molecule has 7 heteroatoms. The van der Waals surface area contributed by atoms with Gasteiger partial charge >= 0.3 is 18.2 Å². The fourth-order valence-corrected chi connectivity index (χ4v) is 0.524. The molecule has 0 aromatic rings. The molecule has 0 bridgehead atoms. The van der Waals surface area contributed by atoms with Gasteiger partial charge in [0.05, 0.1) is 0 Å². The van der Waals surface area contributed by atoms with E-state index in [0.29, 0.717) is 0 Å². The van der Waals surface area contributed by atoms with Gasteiger partial charge in [-0.05, 0) is 6.92 Å². The second-order valence-electron chi connectivity index (χ2n) is 1.95. The Bertz CT molecular complexity index is 210. The van der Waals surface area contributed by atoms with Gasteiger partial charge in [0.15, 0.2) is 0 Å². The number of aliphatic carboxylic acids is 1. The van der Waals surface area contributed by atoms with E-state index in [0.717, 1.165) is 6.92 Å². The first-order chi connectivity index (χ1) is 5.37. The van der Waals surface area contributed by atoms with Gasteiger partial charge in [0.1, 0.15) is 6.04 Å². The number of carboxylic acids is 1. The van der Waals surface area contributed by atoms with Gasteiger partial charge in [-0.3, -0.25) is 0 Å². The van der Waals surface area contributed by atoms with E-state index >= 15 is 0 Å². The van der Waals surface area contributed by atoms with Crippen LogP contribution in [0.25, 0.3) is 0 Å². The second kappa shape index (κ2) is 3.56. The molecule has 0 heterocycles. The molecule has 0 aliphatic carbocycles. The van der Waals surface area contributed by atoms with Gasteiger partial charge in [-0.25, -0.2) is 14.4 Å². The molecule has 2 amide bonds. The van der Waals surface area contributed by atoms with Crippen molar-refractivity contribution in [3.63, 3.8) is 0 Å². The van der Waals surface area contributed by atoms with E-state index < -0.39 is 24.2 Å². The van der Waals surface area contributed by atoms with Gasteiger partial charge in [-0.2, -0.15) is 4.90 Å². The molecule has 0 spiro atoms. The molecular weight excluding hydrogens is 170 g/mol. The molecule has 0 fully saturated rings. The van der Waals surface area contributed by atoms with Gasteiger partial charge in [0, 0.05) is 0 Å². The minimum atomic E-state index is -1.81. The van der Waals surface area contributed by atoms with Crippen LogP contribution in [0.15, 0.2) is 0 Å². The molecular formula is C5H7NO6. The molecule has 68 valence electrons. The van der Waals surface area contributed by atoms with Crippen molar-refractivity contribution in [2.75, 3.05) is 0 Å². The summed E-state index contributed by atoms with van der Waals surface area (Å²) in [5.74, 6) is -1.51. The summed E-state index contributed by atoms with van der Waals surface area (Å²) in [4.78, 5) is 30.3. The Morgan fingerprint density at radius 3 is 1.50 bits per heavy atom. The van der Waals surface area contributed by atoms with Crippen LogP contribution in [0.1, 0.15) is 6.92 Å². The lowest BCUT2D eigenvalue weighted by molar-refractivity contribution is -0.141. The summed E-state index contributed by atoms with van der Waals surface area (Å²) in [6, 6.07) is -1.60. The second-order valence-corrected chi connectivity index (χ2v) is 1.95. The molecule has 0 saturated carbocycles. The van der Waals surface area contributed by atoms with Crippen LogP contribution in [-0.4, -0.2) is 44.4 Å². The first-order valence-corrected chi connectivity index (χ1v) is 2.85. The maximum atomic E-state index is 10.2. The van der Waals surface area contributed by atoms with Crippen LogP contribution in [-0.2, 0) is 4.79 Å². The van der Waals surface area contributed by atoms with Crippen LogP contribution >= 0.6 is 0 Å². The highest BCUT2D eigenvalue weighted by Crippen LogP contribution is 2.00. The zero-order chi connectivity index (χ0) is 9.89. The third-order valence-corrected chi connectivity index (χ3v) is 1.16. The standard InChI is InChI=1S/C5H7NO6/c1-2(3(7)8)6(4(9)10)5(11)12/h2H,1H3,(H,7,8)(H,9,10)(H,11,12). The highest BCUT2D eigenvalue weighted by molar-refractivity contribution is 5.91. The molecule has 1 unspecified atom stereocenters. The van der Waals surface area contributed by atoms with Crippen molar-refractivity contribution in [1.82, 2.24) is 4.90 Å². The minimum absolute atomic E-state index is 0.192. The number of carbonyl (C=O) groups is 3. The highest BCUT2D eigenvalue weighted by Gasteiger charge is 2.30. The topological polar surface area (TPSA) is 115 Å². The third-order valence-electron chi connectivity index (χ3n) is 1.16. The van der Waals surface area contributed by atoms with Crippen LogP contribution < -0.4 is 0 Å². The van der Waals surface area contributed by atoms with E-state index in [1.165, 1.54) is 0 Å². The maximum absolute atomic E-state index is 10.2. The van der Waals surface area contributed by atoms with Gasteiger partial charge < -0.3 is 15.3 Å². The molecule has 12 heavy (non-hydrogen) atoms. The first kappa shape index (κ1) is 10.2. The summed E-state index contributed by atoms with van der Waals surface area (Å²) in [6.45, 7) is 0.963. The lowest BCUT2D eigenvalue weighted by Crippen LogP contribution is -2.45. The molecule has 0 saturated heterocycles. The Balaban J connectivity index is 4.63. The molecule has 1 atom stereocenters. The van der Waals surface area contributed by atoms with E-state index in [1.807, 2.05) is 0 Å².